The smallest absolute Gasteiger partial charge is 0.327 e. The van der Waals surface area contributed by atoms with E-state index in [0.29, 0.717) is 14.5 Å². The van der Waals surface area contributed by atoms with E-state index in [1.165, 1.54) is 0 Å². The Morgan fingerprint density at radius 3 is 2.33 bits per heavy atom. The minimum Gasteiger partial charge on any atom is -0.480 e. The van der Waals surface area contributed by atoms with Crippen LogP contribution in [0.3, 0.4) is 0 Å². The van der Waals surface area contributed by atoms with Gasteiger partial charge >= 0.3 is 5.97 Å². The molecule has 0 saturated heterocycles. The van der Waals surface area contributed by atoms with Gasteiger partial charge in [0.05, 0.1) is 0 Å². The SMILES string of the molecule is C#CCC(NC(=O)c1cc(Br)cc(Br)c1)C(=O)O. The molecule has 0 aliphatic rings. The minimum atomic E-state index is -1.16. The summed E-state index contributed by atoms with van der Waals surface area (Å²) < 4.78 is 1.43. The molecular weight excluding hydrogens is 366 g/mol. The van der Waals surface area contributed by atoms with Crippen LogP contribution in [-0.2, 0) is 4.79 Å². The van der Waals surface area contributed by atoms with Crippen molar-refractivity contribution in [2.75, 3.05) is 0 Å². The molecule has 0 aromatic heterocycles. The number of carbonyl (C=O) groups is 2. The Hall–Kier alpha value is -1.32. The molecule has 0 spiro atoms. The fourth-order valence-electron chi connectivity index (χ4n) is 1.24. The second kappa shape index (κ2) is 6.57. The van der Waals surface area contributed by atoms with Crippen LogP contribution in [0.15, 0.2) is 27.1 Å². The number of halogens is 2. The summed E-state index contributed by atoms with van der Waals surface area (Å²) in [6, 6.07) is 3.87. The molecule has 0 aliphatic heterocycles. The number of rotatable bonds is 4. The van der Waals surface area contributed by atoms with Crippen molar-refractivity contribution >= 4 is 43.7 Å². The summed E-state index contributed by atoms with van der Waals surface area (Å²) in [6.45, 7) is 0. The summed E-state index contributed by atoms with van der Waals surface area (Å²) in [5, 5.41) is 11.2. The van der Waals surface area contributed by atoms with Crippen LogP contribution in [0, 0.1) is 12.3 Å². The van der Waals surface area contributed by atoms with Crippen LogP contribution < -0.4 is 5.32 Å². The second-order valence-corrected chi connectivity index (χ2v) is 5.26. The Morgan fingerprint density at radius 1 is 1.33 bits per heavy atom. The molecule has 1 rings (SSSR count). The van der Waals surface area contributed by atoms with Crippen molar-refractivity contribution in [1.82, 2.24) is 5.32 Å². The van der Waals surface area contributed by atoms with Crippen LogP contribution in [0.4, 0.5) is 0 Å². The third-order valence-electron chi connectivity index (χ3n) is 2.05. The summed E-state index contributed by atoms with van der Waals surface area (Å²) in [6.07, 6.45) is 4.99. The van der Waals surface area contributed by atoms with Crippen molar-refractivity contribution in [3.63, 3.8) is 0 Å². The molecule has 1 aromatic carbocycles. The van der Waals surface area contributed by atoms with Crippen LogP contribution in [0.2, 0.25) is 0 Å². The highest BCUT2D eigenvalue weighted by Crippen LogP contribution is 2.20. The van der Waals surface area contributed by atoms with Gasteiger partial charge in [0.15, 0.2) is 0 Å². The number of carboxylic acid groups (broad SMARTS) is 1. The fraction of sp³-hybridized carbons (Fsp3) is 0.167. The van der Waals surface area contributed by atoms with E-state index >= 15 is 0 Å². The van der Waals surface area contributed by atoms with Crippen molar-refractivity contribution in [1.29, 1.82) is 0 Å². The number of aliphatic carboxylic acids is 1. The highest BCUT2D eigenvalue weighted by molar-refractivity contribution is 9.11. The number of hydrogen-bond acceptors (Lipinski definition) is 2. The molecular formula is C12H9Br2NO3. The predicted molar refractivity (Wildman–Crippen MR) is 74.2 cm³/mol. The van der Waals surface area contributed by atoms with Gasteiger partial charge in [-0.1, -0.05) is 31.9 Å². The standard InChI is InChI=1S/C12H9Br2NO3/c1-2-3-10(12(17)18)15-11(16)7-4-8(13)6-9(14)5-7/h1,4-6,10H,3H2,(H,15,16)(H,17,18). The maximum Gasteiger partial charge on any atom is 0.327 e. The van der Waals surface area contributed by atoms with E-state index in [2.05, 4.69) is 43.1 Å². The quantitative estimate of drug-likeness (QED) is 0.795. The maximum atomic E-state index is 11.9. The molecule has 18 heavy (non-hydrogen) atoms. The molecule has 0 radical (unpaired) electrons. The molecule has 2 N–H and O–H groups in total. The van der Waals surface area contributed by atoms with Gasteiger partial charge in [-0.2, -0.15) is 0 Å². The molecule has 1 amide bonds. The van der Waals surface area contributed by atoms with Crippen molar-refractivity contribution in [3.05, 3.63) is 32.7 Å². The van der Waals surface area contributed by atoms with Crippen molar-refractivity contribution in [2.45, 2.75) is 12.5 Å². The van der Waals surface area contributed by atoms with Gasteiger partial charge in [0.2, 0.25) is 0 Å². The van der Waals surface area contributed by atoms with Crippen LogP contribution >= 0.6 is 31.9 Å². The number of nitrogens with one attached hydrogen (secondary N) is 1. The third kappa shape index (κ3) is 4.17. The van der Waals surface area contributed by atoms with Crippen LogP contribution in [0.5, 0.6) is 0 Å². The molecule has 0 saturated carbocycles. The second-order valence-electron chi connectivity index (χ2n) is 3.43. The van der Waals surface area contributed by atoms with Gasteiger partial charge < -0.3 is 10.4 Å². The first kappa shape index (κ1) is 14.7. The first-order valence-electron chi connectivity index (χ1n) is 4.87. The molecule has 0 fully saturated rings. The lowest BCUT2D eigenvalue weighted by atomic mass is 10.1. The first-order chi connectivity index (χ1) is 8.43. The molecule has 94 valence electrons. The predicted octanol–water partition coefficient (Wildman–Crippen LogP) is 2.42. The van der Waals surface area contributed by atoms with Crippen molar-refractivity contribution < 1.29 is 14.7 Å². The molecule has 1 aromatic rings. The number of amides is 1. The zero-order valence-electron chi connectivity index (χ0n) is 9.11. The van der Waals surface area contributed by atoms with Gasteiger partial charge in [0.1, 0.15) is 6.04 Å². The van der Waals surface area contributed by atoms with Gasteiger partial charge in [-0.3, -0.25) is 4.79 Å². The van der Waals surface area contributed by atoms with Crippen molar-refractivity contribution in [2.24, 2.45) is 0 Å². The Balaban J connectivity index is 2.87. The van der Waals surface area contributed by atoms with Gasteiger partial charge in [-0.25, -0.2) is 4.79 Å². The molecule has 0 aliphatic carbocycles. The highest BCUT2D eigenvalue weighted by atomic mass is 79.9. The summed E-state index contributed by atoms with van der Waals surface area (Å²) in [5.74, 6) is 0.571. The highest BCUT2D eigenvalue weighted by Gasteiger charge is 2.19. The molecule has 6 heteroatoms. The summed E-state index contributed by atoms with van der Waals surface area (Å²) >= 11 is 6.50. The number of terminal acetylenes is 1. The van der Waals surface area contributed by atoms with Crippen LogP contribution in [-0.4, -0.2) is 23.0 Å². The minimum absolute atomic E-state index is 0.0593. The summed E-state index contributed by atoms with van der Waals surface area (Å²) in [5.41, 5.74) is 0.347. The van der Waals surface area contributed by atoms with Gasteiger partial charge in [0.25, 0.3) is 5.91 Å². The zero-order valence-corrected chi connectivity index (χ0v) is 12.3. The van der Waals surface area contributed by atoms with Crippen LogP contribution in [0.25, 0.3) is 0 Å². The molecule has 1 unspecified atom stereocenters. The lowest BCUT2D eigenvalue weighted by Crippen LogP contribution is -2.40. The average molecular weight is 375 g/mol. The normalized spacial score (nSPS) is 11.4. The van der Waals surface area contributed by atoms with Gasteiger partial charge in [0, 0.05) is 20.9 Å². The van der Waals surface area contributed by atoms with E-state index in [1.807, 2.05) is 0 Å². The van der Waals surface area contributed by atoms with E-state index in [1.54, 1.807) is 18.2 Å². The largest absolute Gasteiger partial charge is 0.480 e. The monoisotopic (exact) mass is 373 g/mol. The Bertz CT molecular complexity index is 502. The average Bonchev–Trinajstić information content (AvgIpc) is 2.26. The lowest BCUT2D eigenvalue weighted by Gasteiger charge is -2.12. The number of hydrogen-bond donors (Lipinski definition) is 2. The van der Waals surface area contributed by atoms with E-state index in [4.69, 9.17) is 11.5 Å². The van der Waals surface area contributed by atoms with Crippen molar-refractivity contribution in [3.8, 4) is 12.3 Å². The summed E-state index contributed by atoms with van der Waals surface area (Å²) in [4.78, 5) is 22.7. The Labute approximate surface area is 121 Å². The Morgan fingerprint density at radius 2 is 1.89 bits per heavy atom. The van der Waals surface area contributed by atoms with Gasteiger partial charge in [-0.15, -0.1) is 12.3 Å². The number of carboxylic acids is 1. The fourth-order valence-corrected chi connectivity index (χ4v) is 2.54. The van der Waals surface area contributed by atoms with Gasteiger partial charge in [-0.05, 0) is 18.2 Å². The third-order valence-corrected chi connectivity index (χ3v) is 2.97. The summed E-state index contributed by atoms with van der Waals surface area (Å²) in [7, 11) is 0. The Kier molecular flexibility index (Phi) is 5.38. The maximum absolute atomic E-state index is 11.9. The zero-order chi connectivity index (χ0) is 13.7. The van der Waals surface area contributed by atoms with Crippen LogP contribution in [0.1, 0.15) is 16.8 Å². The number of carbonyl (C=O) groups excluding carboxylic acids is 1. The topological polar surface area (TPSA) is 66.4 Å². The first-order valence-corrected chi connectivity index (χ1v) is 6.46. The lowest BCUT2D eigenvalue weighted by molar-refractivity contribution is -0.139. The van der Waals surface area contributed by atoms with E-state index in [9.17, 15) is 9.59 Å². The van der Waals surface area contributed by atoms with E-state index in [0.717, 1.165) is 0 Å². The van der Waals surface area contributed by atoms with E-state index < -0.39 is 17.9 Å². The van der Waals surface area contributed by atoms with E-state index in [-0.39, 0.29) is 6.42 Å². The molecule has 0 bridgehead atoms. The molecule has 0 heterocycles. The molecule has 1 atom stereocenters. The molecule has 4 nitrogen and oxygen atoms in total. The number of benzene rings is 1.